The lowest BCUT2D eigenvalue weighted by atomic mass is 9.89. The number of amides is 2. The molecule has 4 aromatic rings. The molecule has 2 N–H and O–H groups in total. The van der Waals surface area contributed by atoms with Gasteiger partial charge < -0.3 is 19.4 Å². The maximum absolute atomic E-state index is 15.8. The molecule has 266 valence electrons. The van der Waals surface area contributed by atoms with E-state index in [2.05, 4.69) is 27.1 Å². The van der Waals surface area contributed by atoms with E-state index in [1.54, 1.807) is 18.3 Å². The summed E-state index contributed by atoms with van der Waals surface area (Å²) >= 11 is 0. The Labute approximate surface area is 297 Å². The van der Waals surface area contributed by atoms with Crippen molar-refractivity contribution in [3.05, 3.63) is 71.3 Å². The Morgan fingerprint density at radius 1 is 0.765 bits per heavy atom. The smallest absolute Gasteiger partial charge is 0.411 e. The highest BCUT2D eigenvalue weighted by Crippen LogP contribution is 2.55. The first kappa shape index (κ1) is 32.3. The van der Waals surface area contributed by atoms with E-state index >= 15 is 4.39 Å². The van der Waals surface area contributed by atoms with Gasteiger partial charge in [0, 0.05) is 28.9 Å². The molecule has 4 heterocycles. The molecule has 51 heavy (non-hydrogen) atoms. The second kappa shape index (κ2) is 11.2. The summed E-state index contributed by atoms with van der Waals surface area (Å²) in [5.41, 5.74) is 5.87. The number of H-pyrrole nitrogens is 2. The van der Waals surface area contributed by atoms with Crippen LogP contribution in [0.2, 0.25) is 0 Å². The minimum Gasteiger partial charge on any atom is -0.444 e. The Kier molecular flexibility index (Phi) is 7.06. The third-order valence-electron chi connectivity index (χ3n) is 11.0. The van der Waals surface area contributed by atoms with Gasteiger partial charge in [-0.1, -0.05) is 24.3 Å². The molecule has 2 aromatic heterocycles. The maximum atomic E-state index is 15.8. The van der Waals surface area contributed by atoms with Crippen molar-refractivity contribution in [2.24, 2.45) is 11.8 Å². The zero-order valence-electron chi connectivity index (χ0n) is 30.0. The Morgan fingerprint density at radius 3 is 1.96 bits per heavy atom. The number of fused-ring (bicyclic) bond motifs is 5. The van der Waals surface area contributed by atoms with E-state index in [0.717, 1.165) is 72.4 Å². The van der Waals surface area contributed by atoms with Crippen LogP contribution in [0.4, 0.5) is 14.0 Å². The lowest BCUT2D eigenvalue weighted by Crippen LogP contribution is -2.38. The molecule has 2 saturated heterocycles. The van der Waals surface area contributed by atoms with Crippen LogP contribution in [0.15, 0.2) is 42.6 Å². The van der Waals surface area contributed by atoms with Gasteiger partial charge in [-0.3, -0.25) is 9.80 Å². The molecule has 0 bridgehead atoms. The van der Waals surface area contributed by atoms with Crippen LogP contribution >= 0.6 is 0 Å². The van der Waals surface area contributed by atoms with Crippen molar-refractivity contribution < 1.29 is 23.5 Å². The summed E-state index contributed by atoms with van der Waals surface area (Å²) < 4.78 is 27.3. The fourth-order valence-electron chi connectivity index (χ4n) is 8.57. The number of halogens is 1. The van der Waals surface area contributed by atoms with Crippen LogP contribution in [-0.4, -0.2) is 65.2 Å². The van der Waals surface area contributed by atoms with Gasteiger partial charge in [0.2, 0.25) is 0 Å². The summed E-state index contributed by atoms with van der Waals surface area (Å²) in [6.07, 6.45) is 6.45. The highest BCUT2D eigenvalue weighted by atomic mass is 19.1. The number of carbonyl (C=O) groups excluding carboxylic acids is 2. The van der Waals surface area contributed by atoms with Gasteiger partial charge in [-0.05, 0) is 121 Å². The third kappa shape index (κ3) is 5.78. The molecule has 2 aromatic carbocycles. The summed E-state index contributed by atoms with van der Waals surface area (Å²) in [5.74, 6) is 2.11. The number of benzene rings is 2. The first-order valence-electron chi connectivity index (χ1n) is 18.3. The SMILES string of the molecule is CC(C)(C)OC(=O)N1C2C[C@@H]2C[C@H]1c1nc2c([nH]1)CCc1cc(-c3ccc(-c4cnc([C@@H]5CC6C[C@H]6N5C(=O)OC(C)(C)C)[nH]4)c(F)c3)ccc1-2. The first-order valence-corrected chi connectivity index (χ1v) is 18.3. The minimum absolute atomic E-state index is 0.114. The molecule has 0 spiro atoms. The van der Waals surface area contributed by atoms with Crippen molar-refractivity contribution in [2.45, 2.75) is 115 Å². The van der Waals surface area contributed by atoms with Crippen molar-refractivity contribution in [1.82, 2.24) is 29.7 Å². The largest absolute Gasteiger partial charge is 0.444 e. The van der Waals surface area contributed by atoms with Crippen molar-refractivity contribution in [2.75, 3.05) is 0 Å². The highest BCUT2D eigenvalue weighted by molar-refractivity contribution is 5.77. The third-order valence-corrected chi connectivity index (χ3v) is 11.0. The molecule has 6 atom stereocenters. The summed E-state index contributed by atoms with van der Waals surface area (Å²) in [7, 11) is 0. The van der Waals surface area contributed by atoms with Crippen molar-refractivity contribution in [3.8, 4) is 33.6 Å². The van der Waals surface area contributed by atoms with Gasteiger partial charge in [0.15, 0.2) is 0 Å². The van der Waals surface area contributed by atoms with Crippen molar-refractivity contribution >= 4 is 12.2 Å². The molecule has 4 fully saturated rings. The van der Waals surface area contributed by atoms with Crippen LogP contribution in [-0.2, 0) is 22.3 Å². The highest BCUT2D eigenvalue weighted by Gasteiger charge is 2.57. The van der Waals surface area contributed by atoms with Crippen LogP contribution in [0.25, 0.3) is 33.6 Å². The van der Waals surface area contributed by atoms with Gasteiger partial charge in [0.25, 0.3) is 0 Å². The molecular weight excluding hydrogens is 647 g/mol. The average Bonchev–Trinajstić information content (AvgIpc) is 3.68. The molecule has 11 heteroatoms. The summed E-state index contributed by atoms with van der Waals surface area (Å²) in [5, 5.41) is 0. The zero-order chi connectivity index (χ0) is 35.6. The van der Waals surface area contributed by atoms with E-state index in [-0.39, 0.29) is 42.2 Å². The Morgan fingerprint density at radius 2 is 1.35 bits per heavy atom. The summed E-state index contributed by atoms with van der Waals surface area (Å²) in [4.78, 5) is 46.5. The molecule has 10 nitrogen and oxygen atoms in total. The van der Waals surface area contributed by atoms with Gasteiger partial charge in [-0.2, -0.15) is 0 Å². The van der Waals surface area contributed by atoms with Gasteiger partial charge in [0.1, 0.15) is 28.7 Å². The predicted octanol–water partition coefficient (Wildman–Crippen LogP) is 8.51. The number of rotatable bonds is 4. The zero-order valence-corrected chi connectivity index (χ0v) is 30.0. The normalized spacial score (nSPS) is 25.9. The number of carbonyl (C=O) groups is 2. The Hall–Kier alpha value is -4.67. The summed E-state index contributed by atoms with van der Waals surface area (Å²) in [6.45, 7) is 11.3. The molecule has 2 saturated carbocycles. The van der Waals surface area contributed by atoms with Gasteiger partial charge >= 0.3 is 12.2 Å². The molecule has 2 aliphatic heterocycles. The first-order chi connectivity index (χ1) is 24.2. The maximum Gasteiger partial charge on any atom is 0.411 e. The molecule has 2 amide bonds. The topological polar surface area (TPSA) is 116 Å². The Bertz CT molecular complexity index is 2070. The van der Waals surface area contributed by atoms with Gasteiger partial charge in [0.05, 0.1) is 29.7 Å². The number of nitrogens with zero attached hydrogens (tertiary/aromatic N) is 4. The molecule has 0 radical (unpaired) electrons. The summed E-state index contributed by atoms with van der Waals surface area (Å²) in [6, 6.07) is 11.6. The predicted molar refractivity (Wildman–Crippen MR) is 189 cm³/mol. The van der Waals surface area contributed by atoms with E-state index in [0.29, 0.717) is 28.9 Å². The van der Waals surface area contributed by atoms with Crippen LogP contribution in [0.5, 0.6) is 0 Å². The monoisotopic (exact) mass is 692 g/mol. The average molecular weight is 693 g/mol. The minimum atomic E-state index is -0.584. The molecule has 9 rings (SSSR count). The van der Waals surface area contributed by atoms with E-state index in [4.69, 9.17) is 14.5 Å². The van der Waals surface area contributed by atoms with Crippen molar-refractivity contribution in [3.63, 3.8) is 0 Å². The van der Waals surface area contributed by atoms with Crippen LogP contribution in [0, 0.1) is 17.7 Å². The number of imidazole rings is 2. The number of likely N-dealkylation sites (tertiary alicyclic amines) is 2. The van der Waals surface area contributed by atoms with Crippen LogP contribution in [0.3, 0.4) is 0 Å². The quantitative estimate of drug-likeness (QED) is 0.222. The van der Waals surface area contributed by atoms with E-state index < -0.39 is 11.2 Å². The standard InChI is InChI=1S/C40H45FN6O4/c1-39(2,3)50-37(48)46-30-15-23(30)17-32(46)35-42-19-29(44-35)26-11-8-21(14-27(26)41)20-7-10-25-22(13-20)9-12-28-34(25)45-36(43-28)33-18-24-16-31(24)47(33)38(49)51-40(4,5)6/h7-8,10-11,13-14,19,23-24,30-33H,9,12,15-18H2,1-6H3,(H,42,44)(H,43,45)/t23?,24-,30-,31?,32+,33+/m1/s1. The number of ether oxygens (including phenoxy) is 2. The number of aromatic amines is 2. The second-order valence-electron chi connectivity index (χ2n) is 17.1. The molecule has 3 aliphatic carbocycles. The Balaban J connectivity index is 0.931. The lowest BCUT2D eigenvalue weighted by Gasteiger charge is -2.29. The van der Waals surface area contributed by atoms with E-state index in [1.807, 2.05) is 63.5 Å². The van der Waals surface area contributed by atoms with Crippen LogP contribution < -0.4 is 0 Å². The second-order valence-corrected chi connectivity index (χ2v) is 17.1. The van der Waals surface area contributed by atoms with Crippen molar-refractivity contribution in [1.29, 1.82) is 0 Å². The molecule has 2 unspecified atom stereocenters. The number of aromatic nitrogens is 4. The van der Waals surface area contributed by atoms with Crippen LogP contribution in [0.1, 0.15) is 102 Å². The molecular formula is C40H45FN6O4. The number of piperidine rings is 2. The van der Waals surface area contributed by atoms with Gasteiger partial charge in [-0.25, -0.2) is 23.9 Å². The number of hydrogen-bond acceptors (Lipinski definition) is 6. The fourth-order valence-corrected chi connectivity index (χ4v) is 8.57. The number of hydrogen-bond donors (Lipinski definition) is 2. The molecule has 5 aliphatic rings. The lowest BCUT2D eigenvalue weighted by molar-refractivity contribution is 0.0164. The fraction of sp³-hybridized carbons (Fsp3) is 0.500. The van der Waals surface area contributed by atoms with E-state index in [1.165, 1.54) is 5.56 Å². The van der Waals surface area contributed by atoms with E-state index in [9.17, 15) is 9.59 Å². The van der Waals surface area contributed by atoms with Gasteiger partial charge in [-0.15, -0.1) is 0 Å². The number of aryl methyl sites for hydroxylation is 2. The number of nitrogens with one attached hydrogen (secondary N) is 2.